The fourth-order valence-corrected chi connectivity index (χ4v) is 2.44. The number of phenolic OH excluding ortho intramolecular Hbond substituents is 1. The van der Waals surface area contributed by atoms with Crippen LogP contribution in [-0.2, 0) is 0 Å². The summed E-state index contributed by atoms with van der Waals surface area (Å²) in [7, 11) is 0. The topological polar surface area (TPSA) is 40.5 Å². The molecule has 1 heterocycles. The minimum absolute atomic E-state index is 0.0644. The molecule has 1 saturated heterocycles. The Morgan fingerprint density at radius 2 is 2.00 bits per heavy atom. The number of hydrogen-bond acceptors (Lipinski definition) is 3. The predicted molar refractivity (Wildman–Crippen MR) is 67.3 cm³/mol. The van der Waals surface area contributed by atoms with Crippen molar-refractivity contribution in [2.24, 2.45) is 0 Å². The molecule has 1 unspecified atom stereocenters. The summed E-state index contributed by atoms with van der Waals surface area (Å²) in [6.07, 6.45) is 4.53. The van der Waals surface area contributed by atoms with E-state index in [1.165, 1.54) is 19.3 Å². The van der Waals surface area contributed by atoms with Crippen molar-refractivity contribution in [2.45, 2.75) is 32.2 Å². The highest BCUT2D eigenvalue weighted by Gasteiger charge is 2.18. The van der Waals surface area contributed by atoms with Crippen LogP contribution in [0, 0.1) is 0 Å². The maximum absolute atomic E-state index is 10.8. The van der Waals surface area contributed by atoms with Crippen molar-refractivity contribution in [3.05, 3.63) is 29.3 Å². The number of likely N-dealkylation sites (tertiary alicyclic amines) is 1. The molecule has 0 aromatic heterocycles. The Morgan fingerprint density at radius 3 is 2.65 bits per heavy atom. The molecule has 92 valence electrons. The summed E-state index contributed by atoms with van der Waals surface area (Å²) in [5, 5.41) is 9.48. The van der Waals surface area contributed by atoms with Crippen molar-refractivity contribution in [3.63, 3.8) is 0 Å². The number of rotatable bonds is 3. The SMILES string of the molecule is CC(c1ccc(O)c(C=O)c1)N1CCCCC1. The van der Waals surface area contributed by atoms with Gasteiger partial charge in [-0.05, 0) is 50.6 Å². The Bertz CT molecular complexity index is 397. The lowest BCUT2D eigenvalue weighted by Gasteiger charge is -2.32. The number of carbonyl (C=O) groups is 1. The summed E-state index contributed by atoms with van der Waals surface area (Å²) in [5.41, 5.74) is 1.48. The Morgan fingerprint density at radius 1 is 1.29 bits per heavy atom. The predicted octanol–water partition coefficient (Wildman–Crippen LogP) is 2.75. The second kappa shape index (κ2) is 5.32. The van der Waals surface area contributed by atoms with Gasteiger partial charge in [0.1, 0.15) is 5.75 Å². The first-order valence-corrected chi connectivity index (χ1v) is 6.24. The van der Waals surface area contributed by atoms with E-state index in [9.17, 15) is 9.90 Å². The van der Waals surface area contributed by atoms with Gasteiger partial charge in [0.05, 0.1) is 5.56 Å². The normalized spacial score (nSPS) is 18.9. The Kier molecular flexibility index (Phi) is 3.79. The van der Waals surface area contributed by atoms with Crippen molar-refractivity contribution in [1.82, 2.24) is 4.90 Å². The third kappa shape index (κ3) is 2.67. The zero-order valence-electron chi connectivity index (χ0n) is 10.2. The van der Waals surface area contributed by atoms with Crippen LogP contribution in [-0.4, -0.2) is 29.4 Å². The molecule has 1 aliphatic rings. The number of hydrogen-bond donors (Lipinski definition) is 1. The molecule has 0 aliphatic carbocycles. The molecule has 0 bridgehead atoms. The molecular weight excluding hydrogens is 214 g/mol. The molecule has 17 heavy (non-hydrogen) atoms. The Labute approximate surface area is 102 Å². The third-order valence-corrected chi connectivity index (χ3v) is 3.60. The first kappa shape index (κ1) is 12.1. The van der Waals surface area contributed by atoms with Crippen molar-refractivity contribution in [3.8, 4) is 5.75 Å². The second-order valence-electron chi connectivity index (χ2n) is 4.71. The zero-order valence-corrected chi connectivity index (χ0v) is 10.2. The smallest absolute Gasteiger partial charge is 0.153 e. The van der Waals surface area contributed by atoms with E-state index in [-0.39, 0.29) is 5.75 Å². The highest BCUT2D eigenvalue weighted by atomic mass is 16.3. The molecule has 1 aromatic carbocycles. The standard InChI is InChI=1S/C14H19NO2/c1-11(15-7-3-2-4-8-15)12-5-6-14(17)13(9-12)10-16/h5-6,9-11,17H,2-4,7-8H2,1H3. The van der Waals surface area contributed by atoms with Gasteiger partial charge in [0.2, 0.25) is 0 Å². The van der Waals surface area contributed by atoms with Gasteiger partial charge >= 0.3 is 0 Å². The molecule has 1 aromatic rings. The first-order valence-electron chi connectivity index (χ1n) is 6.24. The van der Waals surface area contributed by atoms with Crippen molar-refractivity contribution in [2.75, 3.05) is 13.1 Å². The van der Waals surface area contributed by atoms with Gasteiger partial charge in [-0.25, -0.2) is 0 Å². The van der Waals surface area contributed by atoms with Crippen LogP contribution in [0.2, 0.25) is 0 Å². The number of aldehydes is 1. The molecular formula is C14H19NO2. The first-order chi connectivity index (χ1) is 8.22. The summed E-state index contributed by atoms with van der Waals surface area (Å²) in [6, 6.07) is 5.62. The quantitative estimate of drug-likeness (QED) is 0.816. The van der Waals surface area contributed by atoms with Crippen LogP contribution in [0.15, 0.2) is 18.2 Å². The van der Waals surface area contributed by atoms with Gasteiger partial charge in [0.25, 0.3) is 0 Å². The maximum atomic E-state index is 10.8. The van der Waals surface area contributed by atoms with Gasteiger partial charge < -0.3 is 5.11 Å². The van der Waals surface area contributed by atoms with Gasteiger partial charge in [-0.15, -0.1) is 0 Å². The fourth-order valence-electron chi connectivity index (χ4n) is 2.44. The molecule has 1 N–H and O–H groups in total. The monoisotopic (exact) mass is 233 g/mol. The number of nitrogens with zero attached hydrogens (tertiary/aromatic N) is 1. The van der Waals surface area contributed by atoms with E-state index in [4.69, 9.17) is 0 Å². The summed E-state index contributed by atoms with van der Waals surface area (Å²) >= 11 is 0. The highest BCUT2D eigenvalue weighted by molar-refractivity contribution is 5.79. The van der Waals surface area contributed by atoms with Crippen LogP contribution in [0.25, 0.3) is 0 Å². The lowest BCUT2D eigenvalue weighted by atomic mass is 10.0. The molecule has 0 spiro atoms. The number of piperidine rings is 1. The minimum Gasteiger partial charge on any atom is -0.507 e. The number of aromatic hydroxyl groups is 1. The van der Waals surface area contributed by atoms with Gasteiger partial charge in [-0.3, -0.25) is 9.69 Å². The van der Waals surface area contributed by atoms with Crippen LogP contribution >= 0.6 is 0 Å². The van der Waals surface area contributed by atoms with E-state index in [1.807, 2.05) is 6.07 Å². The maximum Gasteiger partial charge on any atom is 0.153 e. The van der Waals surface area contributed by atoms with Crippen LogP contribution in [0.5, 0.6) is 5.75 Å². The minimum atomic E-state index is 0.0644. The van der Waals surface area contributed by atoms with Crippen molar-refractivity contribution in [1.29, 1.82) is 0 Å². The molecule has 3 heteroatoms. The van der Waals surface area contributed by atoms with E-state index in [0.29, 0.717) is 17.9 Å². The van der Waals surface area contributed by atoms with E-state index >= 15 is 0 Å². The molecule has 1 fully saturated rings. The third-order valence-electron chi connectivity index (χ3n) is 3.60. The van der Waals surface area contributed by atoms with Crippen molar-refractivity contribution < 1.29 is 9.90 Å². The zero-order chi connectivity index (χ0) is 12.3. The molecule has 3 nitrogen and oxygen atoms in total. The average Bonchev–Trinajstić information content (AvgIpc) is 2.39. The molecule has 0 saturated carbocycles. The van der Waals surface area contributed by atoms with Crippen LogP contribution in [0.4, 0.5) is 0 Å². The van der Waals surface area contributed by atoms with E-state index in [1.54, 1.807) is 12.1 Å². The van der Waals surface area contributed by atoms with E-state index < -0.39 is 0 Å². The van der Waals surface area contributed by atoms with Crippen molar-refractivity contribution >= 4 is 6.29 Å². The summed E-state index contributed by atoms with van der Waals surface area (Å²) in [6.45, 7) is 4.41. The van der Waals surface area contributed by atoms with Gasteiger partial charge in [-0.1, -0.05) is 12.5 Å². The number of phenols is 1. The lowest BCUT2D eigenvalue weighted by molar-refractivity contribution is 0.112. The van der Waals surface area contributed by atoms with Gasteiger partial charge in [-0.2, -0.15) is 0 Å². The highest BCUT2D eigenvalue weighted by Crippen LogP contribution is 2.27. The fraction of sp³-hybridized carbons (Fsp3) is 0.500. The molecule has 1 atom stereocenters. The summed E-state index contributed by atoms with van der Waals surface area (Å²) in [5.74, 6) is 0.0644. The number of benzene rings is 1. The largest absolute Gasteiger partial charge is 0.507 e. The molecule has 0 amide bonds. The van der Waals surface area contributed by atoms with Crippen LogP contribution in [0.1, 0.15) is 48.1 Å². The van der Waals surface area contributed by atoms with Gasteiger partial charge in [0, 0.05) is 6.04 Å². The number of carbonyl (C=O) groups excluding carboxylic acids is 1. The lowest BCUT2D eigenvalue weighted by Crippen LogP contribution is -2.32. The summed E-state index contributed by atoms with van der Waals surface area (Å²) in [4.78, 5) is 13.2. The molecule has 1 aliphatic heterocycles. The molecule has 0 radical (unpaired) electrons. The Balaban J connectivity index is 2.17. The van der Waals surface area contributed by atoms with Crippen LogP contribution < -0.4 is 0 Å². The van der Waals surface area contributed by atoms with Crippen LogP contribution in [0.3, 0.4) is 0 Å². The molecule has 2 rings (SSSR count). The second-order valence-corrected chi connectivity index (χ2v) is 4.71. The Hall–Kier alpha value is -1.35. The van der Waals surface area contributed by atoms with E-state index in [2.05, 4.69) is 11.8 Å². The summed E-state index contributed by atoms with van der Waals surface area (Å²) < 4.78 is 0. The van der Waals surface area contributed by atoms with Gasteiger partial charge in [0.15, 0.2) is 6.29 Å². The van der Waals surface area contributed by atoms with E-state index in [0.717, 1.165) is 18.7 Å². The average molecular weight is 233 g/mol.